The van der Waals surface area contributed by atoms with Crippen molar-refractivity contribution in [1.29, 1.82) is 0 Å². The predicted octanol–water partition coefficient (Wildman–Crippen LogP) is 11.1. The van der Waals surface area contributed by atoms with E-state index in [1.54, 1.807) is 0 Å². The molecule has 0 saturated carbocycles. The van der Waals surface area contributed by atoms with Crippen molar-refractivity contribution in [2.75, 3.05) is 33.0 Å². The van der Waals surface area contributed by atoms with Crippen LogP contribution in [0.15, 0.2) is 48.6 Å². The number of aliphatic hydroxyl groups excluding tert-OH is 7. The standard InChI is InChI=1S/C61H110O14/c1-3-5-7-9-11-13-15-17-19-21-23-24-25-26-27-28-30-32-34-36-38-40-42-44-53(63)73-50(47-70-45-43-41-39-37-35-33-31-29-22-20-18-16-14-12-10-8-6-4-2)48-71-60-59(69)57(67)55(65)52(75-60)49-72-61-58(68)56(66)54(64)51(46-62)74-61/h6,8,12,14,18,20-21,23,50-52,54-62,64-69H,3-5,7,9-11,13,15-17,19,22,24-49H2,1-2H3/b8-6-,14-12-,20-18-,23-21-. The van der Waals surface area contributed by atoms with Crippen LogP contribution in [0.3, 0.4) is 0 Å². The molecule has 2 aliphatic rings. The van der Waals surface area contributed by atoms with Crippen LogP contribution in [0.4, 0.5) is 0 Å². The Balaban J connectivity index is 1.69. The van der Waals surface area contributed by atoms with Crippen LogP contribution in [0, 0.1) is 0 Å². The van der Waals surface area contributed by atoms with Crippen LogP contribution in [-0.4, -0.2) is 142 Å². The summed E-state index contributed by atoms with van der Waals surface area (Å²) >= 11 is 0. The molecule has 0 aromatic rings. The molecule has 2 heterocycles. The lowest BCUT2D eigenvalue weighted by molar-refractivity contribution is -0.332. The van der Waals surface area contributed by atoms with Gasteiger partial charge in [-0.05, 0) is 70.6 Å². The highest BCUT2D eigenvalue weighted by Gasteiger charge is 2.47. The number of allylic oxidation sites excluding steroid dienone is 8. The number of rotatable bonds is 49. The molecule has 14 heteroatoms. The molecule has 2 aliphatic heterocycles. The summed E-state index contributed by atoms with van der Waals surface area (Å²) in [5.41, 5.74) is 0. The molecular formula is C61H110O14. The van der Waals surface area contributed by atoms with Crippen LogP contribution >= 0.6 is 0 Å². The third-order valence-corrected chi connectivity index (χ3v) is 14.3. The van der Waals surface area contributed by atoms with Crippen LogP contribution in [0.5, 0.6) is 0 Å². The Bertz CT molecular complexity index is 1420. The third kappa shape index (κ3) is 34.5. The lowest BCUT2D eigenvalue weighted by Crippen LogP contribution is -2.61. The second-order valence-corrected chi connectivity index (χ2v) is 21.1. The summed E-state index contributed by atoms with van der Waals surface area (Å²) in [5, 5.41) is 72.4. The summed E-state index contributed by atoms with van der Waals surface area (Å²) in [6, 6.07) is 0. The fourth-order valence-corrected chi connectivity index (χ4v) is 9.47. The molecule has 0 aliphatic carbocycles. The van der Waals surface area contributed by atoms with Gasteiger partial charge in [-0.15, -0.1) is 0 Å². The molecule has 0 spiro atoms. The first-order chi connectivity index (χ1) is 36.6. The normalized spacial score (nSPS) is 24.9. The van der Waals surface area contributed by atoms with Crippen molar-refractivity contribution in [3.8, 4) is 0 Å². The van der Waals surface area contributed by atoms with Crippen molar-refractivity contribution in [2.45, 2.75) is 300 Å². The largest absolute Gasteiger partial charge is 0.457 e. The first kappa shape index (κ1) is 69.1. The monoisotopic (exact) mass is 1070 g/mol. The highest BCUT2D eigenvalue weighted by molar-refractivity contribution is 5.69. The van der Waals surface area contributed by atoms with Gasteiger partial charge in [-0.2, -0.15) is 0 Å². The van der Waals surface area contributed by atoms with E-state index in [2.05, 4.69) is 62.5 Å². The Kier molecular flexibility index (Phi) is 44.1. The minimum absolute atomic E-state index is 0.0564. The zero-order valence-corrected chi connectivity index (χ0v) is 47.0. The van der Waals surface area contributed by atoms with Gasteiger partial charge in [0, 0.05) is 13.0 Å². The number of carbonyl (C=O) groups is 1. The Morgan fingerprint density at radius 3 is 1.37 bits per heavy atom. The van der Waals surface area contributed by atoms with Gasteiger partial charge in [0.05, 0.1) is 26.4 Å². The number of esters is 1. The quantitative estimate of drug-likeness (QED) is 0.0172. The number of ether oxygens (including phenoxy) is 6. The average molecular weight is 1070 g/mol. The summed E-state index contributed by atoms with van der Waals surface area (Å²) in [4.78, 5) is 13.1. The van der Waals surface area contributed by atoms with Crippen molar-refractivity contribution in [1.82, 2.24) is 0 Å². The molecule has 75 heavy (non-hydrogen) atoms. The molecule has 11 unspecified atom stereocenters. The van der Waals surface area contributed by atoms with Gasteiger partial charge in [-0.25, -0.2) is 0 Å². The van der Waals surface area contributed by atoms with Gasteiger partial charge in [-0.1, -0.05) is 204 Å². The third-order valence-electron chi connectivity index (χ3n) is 14.3. The van der Waals surface area contributed by atoms with Gasteiger partial charge in [0.2, 0.25) is 0 Å². The summed E-state index contributed by atoms with van der Waals surface area (Å²) < 4.78 is 34.4. The number of carbonyl (C=O) groups excluding carboxylic acids is 1. The molecule has 14 nitrogen and oxygen atoms in total. The van der Waals surface area contributed by atoms with Crippen LogP contribution in [0.1, 0.15) is 232 Å². The Morgan fingerprint density at radius 1 is 0.453 bits per heavy atom. The minimum Gasteiger partial charge on any atom is -0.457 e. The van der Waals surface area contributed by atoms with Crippen molar-refractivity contribution in [2.24, 2.45) is 0 Å². The van der Waals surface area contributed by atoms with E-state index in [1.807, 2.05) is 0 Å². The van der Waals surface area contributed by atoms with E-state index < -0.39 is 80.7 Å². The Hall–Kier alpha value is -2.05. The second kappa shape index (κ2) is 47.9. The lowest BCUT2D eigenvalue weighted by Gasteiger charge is -2.42. The van der Waals surface area contributed by atoms with Crippen LogP contribution < -0.4 is 0 Å². The van der Waals surface area contributed by atoms with Crippen molar-refractivity contribution < 1.29 is 69.0 Å². The predicted molar refractivity (Wildman–Crippen MR) is 298 cm³/mol. The maximum Gasteiger partial charge on any atom is 0.306 e. The second-order valence-electron chi connectivity index (χ2n) is 21.1. The van der Waals surface area contributed by atoms with Crippen LogP contribution in [-0.2, 0) is 33.2 Å². The maximum absolute atomic E-state index is 13.1. The van der Waals surface area contributed by atoms with E-state index in [0.29, 0.717) is 13.0 Å². The molecule has 7 N–H and O–H groups in total. The molecule has 438 valence electrons. The zero-order chi connectivity index (χ0) is 54.4. The fourth-order valence-electron chi connectivity index (χ4n) is 9.47. The summed E-state index contributed by atoms with van der Waals surface area (Å²) in [6.07, 6.45) is 41.7. The zero-order valence-electron chi connectivity index (χ0n) is 47.0. The van der Waals surface area contributed by atoms with Gasteiger partial charge in [0.15, 0.2) is 12.6 Å². The van der Waals surface area contributed by atoms with E-state index in [4.69, 9.17) is 28.4 Å². The van der Waals surface area contributed by atoms with Crippen molar-refractivity contribution in [3.05, 3.63) is 48.6 Å². The van der Waals surface area contributed by atoms with Crippen LogP contribution in [0.25, 0.3) is 0 Å². The smallest absolute Gasteiger partial charge is 0.306 e. The molecule has 2 rings (SSSR count). The molecular weight excluding hydrogens is 957 g/mol. The molecule has 0 amide bonds. The SMILES string of the molecule is CC/C=C\C/C=C\C/C=C\CCCCCCCCCCOCC(COC1OC(COC2OC(CO)C(O)C(O)C2O)C(O)C(O)C1O)OC(=O)CCCCCCCCCCCCC/C=C\CCCCCCCCCC. The molecule has 0 bridgehead atoms. The average Bonchev–Trinajstić information content (AvgIpc) is 3.41. The van der Waals surface area contributed by atoms with E-state index >= 15 is 0 Å². The number of hydrogen-bond acceptors (Lipinski definition) is 14. The van der Waals surface area contributed by atoms with E-state index in [0.717, 1.165) is 64.2 Å². The van der Waals surface area contributed by atoms with Gasteiger partial charge < -0.3 is 64.2 Å². The summed E-state index contributed by atoms with van der Waals surface area (Å²) in [5.74, 6) is -0.378. The summed E-state index contributed by atoms with van der Waals surface area (Å²) in [7, 11) is 0. The van der Waals surface area contributed by atoms with Crippen molar-refractivity contribution >= 4 is 5.97 Å². The first-order valence-electron chi connectivity index (χ1n) is 30.2. The minimum atomic E-state index is -1.71. The molecule has 2 saturated heterocycles. The number of hydrogen-bond donors (Lipinski definition) is 7. The van der Waals surface area contributed by atoms with E-state index in [9.17, 15) is 40.5 Å². The Morgan fingerprint density at radius 2 is 0.867 bits per heavy atom. The molecule has 0 aromatic carbocycles. The van der Waals surface area contributed by atoms with Crippen LogP contribution in [0.2, 0.25) is 0 Å². The number of aliphatic hydroxyl groups is 7. The highest BCUT2D eigenvalue weighted by atomic mass is 16.7. The first-order valence-corrected chi connectivity index (χ1v) is 30.2. The number of unbranched alkanes of at least 4 members (excludes halogenated alkanes) is 27. The van der Waals surface area contributed by atoms with Gasteiger partial charge in [-0.3, -0.25) is 4.79 Å². The Labute approximate surface area is 454 Å². The van der Waals surface area contributed by atoms with Gasteiger partial charge in [0.1, 0.15) is 54.9 Å². The maximum atomic E-state index is 13.1. The van der Waals surface area contributed by atoms with Crippen molar-refractivity contribution in [3.63, 3.8) is 0 Å². The molecule has 2 fully saturated rings. The van der Waals surface area contributed by atoms with E-state index in [-0.39, 0.29) is 25.6 Å². The molecule has 0 radical (unpaired) electrons. The van der Waals surface area contributed by atoms with Gasteiger partial charge >= 0.3 is 5.97 Å². The lowest BCUT2D eigenvalue weighted by atomic mass is 9.98. The topological polar surface area (TPSA) is 214 Å². The van der Waals surface area contributed by atoms with E-state index in [1.165, 1.54) is 141 Å². The molecule has 11 atom stereocenters. The fraction of sp³-hybridized carbons (Fsp3) is 0.852. The van der Waals surface area contributed by atoms with Gasteiger partial charge in [0.25, 0.3) is 0 Å². The highest BCUT2D eigenvalue weighted by Crippen LogP contribution is 2.27. The molecule has 0 aromatic heterocycles. The summed E-state index contributed by atoms with van der Waals surface area (Å²) in [6.45, 7) is 3.59.